The lowest BCUT2D eigenvalue weighted by atomic mass is 10.1. The lowest BCUT2D eigenvalue weighted by molar-refractivity contribution is 0.248. The van der Waals surface area contributed by atoms with Gasteiger partial charge in [-0.1, -0.05) is 19.1 Å². The molecule has 1 aromatic carbocycles. The summed E-state index contributed by atoms with van der Waals surface area (Å²) in [7, 11) is 0. The van der Waals surface area contributed by atoms with E-state index >= 15 is 0 Å². The van der Waals surface area contributed by atoms with Crippen molar-refractivity contribution < 1.29 is 5.11 Å². The molecule has 1 aliphatic rings. The third-order valence-electron chi connectivity index (χ3n) is 3.84. The number of nitrogens with zero attached hydrogens (tertiary/aromatic N) is 1. The minimum atomic E-state index is 0.181. The molecule has 0 amide bonds. The summed E-state index contributed by atoms with van der Waals surface area (Å²) in [6.07, 6.45) is 2.20. The lowest BCUT2D eigenvalue weighted by Gasteiger charge is -2.31. The zero-order valence-corrected chi connectivity index (χ0v) is 11.4. The van der Waals surface area contributed by atoms with Crippen molar-refractivity contribution in [2.75, 3.05) is 24.6 Å². The fraction of sp³-hybridized carbons (Fsp3) is 0.600. The monoisotopic (exact) mass is 248 g/mol. The molecule has 1 aliphatic heterocycles. The van der Waals surface area contributed by atoms with Crippen LogP contribution in [0.4, 0.5) is 5.69 Å². The van der Waals surface area contributed by atoms with Crippen molar-refractivity contribution in [3.63, 3.8) is 0 Å². The van der Waals surface area contributed by atoms with Gasteiger partial charge in [0.1, 0.15) is 0 Å². The van der Waals surface area contributed by atoms with Crippen molar-refractivity contribution in [1.82, 2.24) is 5.32 Å². The molecule has 0 aromatic heterocycles. The number of benzene rings is 1. The van der Waals surface area contributed by atoms with E-state index in [0.29, 0.717) is 6.04 Å². The van der Waals surface area contributed by atoms with Crippen LogP contribution >= 0.6 is 0 Å². The Morgan fingerprint density at radius 1 is 1.33 bits per heavy atom. The minimum absolute atomic E-state index is 0.181. The number of anilines is 1. The summed E-state index contributed by atoms with van der Waals surface area (Å²) in [4.78, 5) is 2.40. The van der Waals surface area contributed by atoms with E-state index in [1.165, 1.54) is 11.3 Å². The van der Waals surface area contributed by atoms with E-state index in [2.05, 4.69) is 48.3 Å². The summed E-state index contributed by atoms with van der Waals surface area (Å²) in [6, 6.07) is 9.51. The molecule has 3 nitrogen and oxygen atoms in total. The highest BCUT2D eigenvalue weighted by atomic mass is 16.3. The molecule has 1 fully saturated rings. The second-order valence-electron chi connectivity index (χ2n) is 5.14. The first kappa shape index (κ1) is 13.4. The van der Waals surface area contributed by atoms with E-state index in [-0.39, 0.29) is 12.6 Å². The largest absolute Gasteiger partial charge is 0.395 e. The van der Waals surface area contributed by atoms with E-state index < -0.39 is 0 Å². The molecule has 0 bridgehead atoms. The first-order chi connectivity index (χ1) is 8.74. The molecule has 0 radical (unpaired) electrons. The van der Waals surface area contributed by atoms with Crippen molar-refractivity contribution in [3.05, 3.63) is 29.8 Å². The maximum absolute atomic E-state index is 9.36. The molecule has 1 saturated heterocycles. The molecule has 0 aliphatic carbocycles. The summed E-state index contributed by atoms with van der Waals surface area (Å²) in [5.41, 5.74) is 2.64. The Bertz CT molecular complexity index is 363. The van der Waals surface area contributed by atoms with E-state index in [4.69, 9.17) is 0 Å². The molecule has 2 unspecified atom stereocenters. The summed E-state index contributed by atoms with van der Waals surface area (Å²) in [6.45, 7) is 6.50. The smallest absolute Gasteiger partial charge is 0.0601 e. The van der Waals surface area contributed by atoms with E-state index in [9.17, 15) is 5.11 Å². The zero-order chi connectivity index (χ0) is 13.0. The average Bonchev–Trinajstić information content (AvgIpc) is 2.60. The molecule has 2 N–H and O–H groups in total. The van der Waals surface area contributed by atoms with Gasteiger partial charge in [-0.15, -0.1) is 0 Å². The summed E-state index contributed by atoms with van der Waals surface area (Å²) < 4.78 is 0. The Kier molecular flexibility index (Phi) is 4.61. The van der Waals surface area contributed by atoms with E-state index in [0.717, 1.165) is 25.9 Å². The van der Waals surface area contributed by atoms with Crippen molar-refractivity contribution in [3.8, 4) is 0 Å². The van der Waals surface area contributed by atoms with Crippen LogP contribution in [0, 0.1) is 0 Å². The summed E-state index contributed by atoms with van der Waals surface area (Å²) in [5, 5.41) is 12.8. The molecule has 1 aromatic rings. The van der Waals surface area contributed by atoms with Gasteiger partial charge in [-0.05, 0) is 44.0 Å². The van der Waals surface area contributed by atoms with Crippen molar-refractivity contribution in [2.24, 2.45) is 0 Å². The van der Waals surface area contributed by atoms with E-state index in [1.54, 1.807) is 0 Å². The molecular weight excluding hydrogens is 224 g/mol. The highest BCUT2D eigenvalue weighted by Crippen LogP contribution is 2.21. The van der Waals surface area contributed by atoms with Crippen LogP contribution in [-0.2, 0) is 6.42 Å². The maximum atomic E-state index is 9.36. The highest BCUT2D eigenvalue weighted by Gasteiger charge is 2.22. The zero-order valence-electron chi connectivity index (χ0n) is 11.4. The quantitative estimate of drug-likeness (QED) is 0.856. The highest BCUT2D eigenvalue weighted by molar-refractivity contribution is 5.49. The van der Waals surface area contributed by atoms with Gasteiger partial charge in [0.25, 0.3) is 0 Å². The number of aliphatic hydroxyl groups excluding tert-OH is 1. The van der Waals surface area contributed by atoms with Crippen LogP contribution in [0.1, 0.15) is 25.8 Å². The van der Waals surface area contributed by atoms with Gasteiger partial charge < -0.3 is 15.3 Å². The topological polar surface area (TPSA) is 35.5 Å². The van der Waals surface area contributed by atoms with Crippen molar-refractivity contribution in [1.29, 1.82) is 0 Å². The Hall–Kier alpha value is -1.06. The van der Waals surface area contributed by atoms with Crippen LogP contribution in [0.5, 0.6) is 0 Å². The van der Waals surface area contributed by atoms with Crippen LogP contribution in [0.15, 0.2) is 24.3 Å². The summed E-state index contributed by atoms with van der Waals surface area (Å²) in [5.74, 6) is 0. The summed E-state index contributed by atoms with van der Waals surface area (Å²) >= 11 is 0. The first-order valence-corrected chi connectivity index (χ1v) is 6.94. The third kappa shape index (κ3) is 3.03. The molecule has 3 heteroatoms. The number of hydrogen-bond acceptors (Lipinski definition) is 3. The van der Waals surface area contributed by atoms with Crippen LogP contribution in [0.3, 0.4) is 0 Å². The third-order valence-corrected chi connectivity index (χ3v) is 3.84. The molecule has 0 spiro atoms. The molecule has 18 heavy (non-hydrogen) atoms. The van der Waals surface area contributed by atoms with Crippen LogP contribution in [-0.4, -0.2) is 36.9 Å². The van der Waals surface area contributed by atoms with Crippen LogP contribution < -0.4 is 10.2 Å². The van der Waals surface area contributed by atoms with Gasteiger partial charge in [-0.25, -0.2) is 0 Å². The Labute approximate surface area is 110 Å². The number of hydrogen-bond donors (Lipinski definition) is 2. The van der Waals surface area contributed by atoms with E-state index in [1.807, 2.05) is 0 Å². The molecule has 2 rings (SSSR count). The van der Waals surface area contributed by atoms with Gasteiger partial charge in [0, 0.05) is 24.3 Å². The lowest BCUT2D eigenvalue weighted by Crippen LogP contribution is -2.42. The fourth-order valence-electron chi connectivity index (χ4n) is 2.54. The standard InChI is InChI=1S/C15H24N2O/c1-3-13-4-6-15(7-5-13)17-10-14(11-18)16-9-8-12(17)2/h4-7,12,14,16,18H,3,8-11H2,1-2H3. The molecule has 1 heterocycles. The van der Waals surface area contributed by atoms with Crippen molar-refractivity contribution >= 4 is 5.69 Å². The predicted octanol–water partition coefficient (Wildman–Crippen LogP) is 1.80. The van der Waals surface area contributed by atoms with Gasteiger partial charge in [0.05, 0.1) is 6.61 Å². The normalized spacial score (nSPS) is 24.9. The van der Waals surface area contributed by atoms with Gasteiger partial charge in [0.15, 0.2) is 0 Å². The minimum Gasteiger partial charge on any atom is -0.395 e. The Balaban J connectivity index is 2.16. The fourth-order valence-corrected chi connectivity index (χ4v) is 2.54. The second kappa shape index (κ2) is 6.21. The van der Waals surface area contributed by atoms with Crippen LogP contribution in [0.2, 0.25) is 0 Å². The number of aryl methyl sites for hydroxylation is 1. The second-order valence-corrected chi connectivity index (χ2v) is 5.14. The molecule has 100 valence electrons. The molecule has 2 atom stereocenters. The SMILES string of the molecule is CCc1ccc(N2CC(CO)NCCC2C)cc1. The Morgan fingerprint density at radius 2 is 2.06 bits per heavy atom. The van der Waals surface area contributed by atoms with Gasteiger partial charge >= 0.3 is 0 Å². The first-order valence-electron chi connectivity index (χ1n) is 6.94. The molecule has 0 saturated carbocycles. The predicted molar refractivity (Wildman–Crippen MR) is 76.1 cm³/mol. The van der Waals surface area contributed by atoms with Crippen molar-refractivity contribution in [2.45, 2.75) is 38.8 Å². The van der Waals surface area contributed by atoms with Gasteiger partial charge in [-0.3, -0.25) is 0 Å². The van der Waals surface area contributed by atoms with Gasteiger partial charge in [0.2, 0.25) is 0 Å². The number of aliphatic hydroxyl groups is 1. The molecular formula is C15H24N2O. The van der Waals surface area contributed by atoms with Crippen LogP contribution in [0.25, 0.3) is 0 Å². The maximum Gasteiger partial charge on any atom is 0.0601 e. The number of rotatable bonds is 3. The Morgan fingerprint density at radius 3 is 2.67 bits per heavy atom. The number of nitrogens with one attached hydrogen (secondary N) is 1. The average molecular weight is 248 g/mol. The van der Waals surface area contributed by atoms with Gasteiger partial charge in [-0.2, -0.15) is 0 Å².